The number of nitrogens with zero attached hydrogens (tertiary/aromatic N) is 3. The van der Waals surface area contributed by atoms with Crippen molar-refractivity contribution in [2.75, 3.05) is 20.1 Å². The molecule has 4 aromatic rings. The van der Waals surface area contributed by atoms with E-state index >= 15 is 0 Å². The number of fused-ring (bicyclic) bond motifs is 1. The molecule has 9 heteroatoms. The summed E-state index contributed by atoms with van der Waals surface area (Å²) in [5.74, 6) is 0.688. The number of carbonyl (C=O) groups excluding carboxylic acids is 1. The second kappa shape index (κ2) is 9.89. The van der Waals surface area contributed by atoms with Crippen LogP contribution in [0.25, 0.3) is 16.0 Å². The number of carbonyl (C=O) groups is 1. The van der Waals surface area contributed by atoms with Crippen LogP contribution in [0.5, 0.6) is 11.5 Å². The third-order valence-corrected chi connectivity index (χ3v) is 7.75. The molecule has 2 N–H and O–H groups in total. The molecule has 2 aromatic carbocycles. The van der Waals surface area contributed by atoms with Gasteiger partial charge in [-0.05, 0) is 45.0 Å². The summed E-state index contributed by atoms with van der Waals surface area (Å²) in [6, 6.07) is 15.2. The Morgan fingerprint density at radius 1 is 1.20 bits per heavy atom. The van der Waals surface area contributed by atoms with Gasteiger partial charge in [0.25, 0.3) is 5.91 Å². The van der Waals surface area contributed by atoms with Crippen LogP contribution >= 0.6 is 22.9 Å². The monoisotopic (exact) mass is 510 g/mol. The van der Waals surface area contributed by atoms with Gasteiger partial charge in [0, 0.05) is 35.8 Å². The topological polar surface area (TPSA) is 82.6 Å². The molecule has 0 saturated carbocycles. The van der Waals surface area contributed by atoms with Crippen LogP contribution in [-0.4, -0.2) is 46.6 Å². The van der Waals surface area contributed by atoms with Crippen molar-refractivity contribution in [3.05, 3.63) is 70.3 Å². The molecule has 0 spiro atoms. The average molecular weight is 511 g/mol. The molecule has 1 aliphatic heterocycles. The number of hydrogen-bond acceptors (Lipinski definition) is 6. The molecule has 7 nitrogen and oxygen atoms in total. The quantitative estimate of drug-likeness (QED) is 0.357. The molecule has 0 bridgehead atoms. The first-order valence-electron chi connectivity index (χ1n) is 11.6. The summed E-state index contributed by atoms with van der Waals surface area (Å²) in [5.41, 5.74) is 8.25. The smallest absolute Gasteiger partial charge is 0.262 e. The lowest BCUT2D eigenvalue weighted by atomic mass is 10.1. The van der Waals surface area contributed by atoms with Crippen LogP contribution < -0.4 is 15.2 Å². The van der Waals surface area contributed by atoms with Crippen LogP contribution in [0.3, 0.4) is 0 Å². The first kappa shape index (κ1) is 23.7. The van der Waals surface area contributed by atoms with Crippen molar-refractivity contribution in [3.63, 3.8) is 0 Å². The van der Waals surface area contributed by atoms with Gasteiger partial charge in [-0.25, -0.2) is 4.98 Å². The number of hydrogen-bond donors (Lipinski definition) is 1. The van der Waals surface area contributed by atoms with Crippen LogP contribution in [0, 0.1) is 0 Å². The normalized spacial score (nSPS) is 15.9. The van der Waals surface area contributed by atoms with E-state index in [0.717, 1.165) is 53.3 Å². The number of likely N-dealkylation sites (tertiary alicyclic amines) is 1. The van der Waals surface area contributed by atoms with Crippen molar-refractivity contribution in [2.45, 2.75) is 32.0 Å². The van der Waals surface area contributed by atoms with E-state index in [1.54, 1.807) is 6.33 Å². The Labute approximate surface area is 213 Å². The molecule has 1 fully saturated rings. The summed E-state index contributed by atoms with van der Waals surface area (Å²) in [5, 5.41) is 1.38. The predicted molar refractivity (Wildman–Crippen MR) is 139 cm³/mol. The van der Waals surface area contributed by atoms with E-state index in [1.807, 2.05) is 60.0 Å². The van der Waals surface area contributed by atoms with Crippen LogP contribution in [-0.2, 0) is 0 Å². The highest BCUT2D eigenvalue weighted by Gasteiger charge is 2.22. The minimum atomic E-state index is -0.543. The number of thiophene rings is 1. The molecule has 182 valence electrons. The SMILES string of the molecule is C[C@@H](Oc1cc(-n2cnc3ccc(OC4CCN(C)CC4)cc32)sc1C(N)=O)c1ccccc1Cl. The summed E-state index contributed by atoms with van der Waals surface area (Å²) in [4.78, 5) is 19.4. The molecular formula is C26H27ClN4O3S. The minimum Gasteiger partial charge on any atom is -0.490 e. The molecular weight excluding hydrogens is 484 g/mol. The number of nitrogens with two attached hydrogens (primary N) is 1. The van der Waals surface area contributed by atoms with E-state index in [4.69, 9.17) is 26.8 Å². The Kier molecular flexibility index (Phi) is 6.69. The third-order valence-electron chi connectivity index (χ3n) is 6.28. The number of piperidine rings is 1. The Bertz CT molecular complexity index is 1360. The van der Waals surface area contributed by atoms with E-state index in [-0.39, 0.29) is 12.2 Å². The second-order valence-corrected chi connectivity index (χ2v) is 10.2. The van der Waals surface area contributed by atoms with Gasteiger partial charge < -0.3 is 20.1 Å². The zero-order valence-electron chi connectivity index (χ0n) is 19.6. The Hall–Kier alpha value is -3.07. The maximum atomic E-state index is 12.2. The molecule has 0 unspecified atom stereocenters. The van der Waals surface area contributed by atoms with Crippen LogP contribution in [0.4, 0.5) is 0 Å². The summed E-state index contributed by atoms with van der Waals surface area (Å²) in [6.45, 7) is 3.96. The van der Waals surface area contributed by atoms with E-state index in [0.29, 0.717) is 15.6 Å². The number of ether oxygens (including phenoxy) is 2. The largest absolute Gasteiger partial charge is 0.490 e. The lowest BCUT2D eigenvalue weighted by Gasteiger charge is -2.29. The standard InChI is InChI=1S/C26H27ClN4O3S/c1-16(19-5-3-4-6-20(19)27)33-23-14-24(35-25(23)26(28)32)31-15-29-21-8-7-18(13-22(21)31)34-17-9-11-30(2)12-10-17/h3-8,13-17H,9-12H2,1-2H3,(H2,28,32)/t16-/m1/s1. The van der Waals surface area contributed by atoms with Gasteiger partial charge in [-0.3, -0.25) is 9.36 Å². The number of imidazole rings is 1. The van der Waals surface area contributed by atoms with Gasteiger partial charge >= 0.3 is 0 Å². The van der Waals surface area contributed by atoms with Crippen LogP contribution in [0.15, 0.2) is 54.9 Å². The Balaban J connectivity index is 1.44. The lowest BCUT2D eigenvalue weighted by Crippen LogP contribution is -2.35. The highest BCUT2D eigenvalue weighted by atomic mass is 35.5. The van der Waals surface area contributed by atoms with Gasteiger partial charge in [0.2, 0.25) is 0 Å². The van der Waals surface area contributed by atoms with E-state index in [1.165, 1.54) is 11.3 Å². The van der Waals surface area contributed by atoms with Crippen LogP contribution in [0.2, 0.25) is 5.02 Å². The summed E-state index contributed by atoms with van der Waals surface area (Å²) in [7, 11) is 2.13. The van der Waals surface area contributed by atoms with Gasteiger partial charge in [-0.1, -0.05) is 29.8 Å². The van der Waals surface area contributed by atoms with E-state index in [2.05, 4.69) is 16.9 Å². The molecule has 0 aliphatic carbocycles. The molecule has 35 heavy (non-hydrogen) atoms. The molecule has 1 aliphatic rings. The van der Waals surface area contributed by atoms with E-state index in [9.17, 15) is 4.79 Å². The summed E-state index contributed by atoms with van der Waals surface area (Å²) < 4.78 is 14.4. The van der Waals surface area contributed by atoms with Gasteiger partial charge in [0.1, 0.15) is 39.9 Å². The van der Waals surface area contributed by atoms with Crippen molar-refractivity contribution in [1.29, 1.82) is 0 Å². The van der Waals surface area contributed by atoms with Crippen LogP contribution in [0.1, 0.15) is 41.1 Å². The highest BCUT2D eigenvalue weighted by Crippen LogP contribution is 2.37. The molecule has 1 amide bonds. The van der Waals surface area contributed by atoms with E-state index < -0.39 is 5.91 Å². The minimum absolute atomic E-state index is 0.203. The van der Waals surface area contributed by atoms with Crippen molar-refractivity contribution < 1.29 is 14.3 Å². The first-order valence-corrected chi connectivity index (χ1v) is 12.8. The van der Waals surface area contributed by atoms with Crippen molar-refractivity contribution >= 4 is 39.9 Å². The second-order valence-electron chi connectivity index (χ2n) is 8.81. The number of primary amides is 1. The molecule has 1 atom stereocenters. The molecule has 2 aromatic heterocycles. The number of aromatic nitrogens is 2. The fourth-order valence-corrected chi connectivity index (χ4v) is 5.55. The average Bonchev–Trinajstić information content (AvgIpc) is 3.44. The third kappa shape index (κ3) is 5.00. The molecule has 1 saturated heterocycles. The van der Waals surface area contributed by atoms with Crippen molar-refractivity contribution in [1.82, 2.24) is 14.5 Å². The fourth-order valence-electron chi connectivity index (χ4n) is 4.33. The van der Waals surface area contributed by atoms with Gasteiger partial charge in [0.15, 0.2) is 0 Å². The van der Waals surface area contributed by atoms with Gasteiger partial charge in [-0.2, -0.15) is 0 Å². The van der Waals surface area contributed by atoms with Gasteiger partial charge in [0.05, 0.1) is 11.0 Å². The van der Waals surface area contributed by atoms with Gasteiger partial charge in [-0.15, -0.1) is 11.3 Å². The summed E-state index contributed by atoms with van der Waals surface area (Å²) in [6.07, 6.45) is 3.59. The number of benzene rings is 2. The molecule has 0 radical (unpaired) electrons. The predicted octanol–water partition coefficient (Wildman–Crippen LogP) is 5.45. The maximum absolute atomic E-state index is 12.2. The molecule has 5 rings (SSSR count). The number of rotatable bonds is 7. The number of amides is 1. The zero-order chi connectivity index (χ0) is 24.5. The van der Waals surface area contributed by atoms with Crippen molar-refractivity contribution in [3.8, 4) is 16.5 Å². The maximum Gasteiger partial charge on any atom is 0.262 e. The summed E-state index contributed by atoms with van der Waals surface area (Å²) >= 11 is 7.60. The Morgan fingerprint density at radius 3 is 2.71 bits per heavy atom. The fraction of sp³-hybridized carbons (Fsp3) is 0.308. The highest BCUT2D eigenvalue weighted by molar-refractivity contribution is 7.16. The zero-order valence-corrected chi connectivity index (χ0v) is 21.2. The number of halogens is 1. The molecule has 3 heterocycles. The van der Waals surface area contributed by atoms with Crippen molar-refractivity contribution in [2.24, 2.45) is 5.73 Å². The lowest BCUT2D eigenvalue weighted by molar-refractivity contribution is 0.0998. The Morgan fingerprint density at radius 2 is 1.97 bits per heavy atom. The first-order chi connectivity index (χ1) is 16.9.